The van der Waals surface area contributed by atoms with Gasteiger partial charge in [0.1, 0.15) is 0 Å². The van der Waals surface area contributed by atoms with Gasteiger partial charge in [0.05, 0.1) is 11.7 Å². The Morgan fingerprint density at radius 2 is 1.96 bits per heavy atom. The monoisotopic (exact) mass is 319 g/mol. The van der Waals surface area contributed by atoms with Crippen LogP contribution in [-0.2, 0) is 27.8 Å². The van der Waals surface area contributed by atoms with E-state index in [-0.39, 0.29) is 17.2 Å². The number of rotatable bonds is 2. The van der Waals surface area contributed by atoms with Crippen LogP contribution in [0.25, 0.3) is 0 Å². The van der Waals surface area contributed by atoms with E-state index in [1.807, 2.05) is 0 Å². The average Bonchev–Trinajstić information content (AvgIpc) is 2.93. The number of carbonyl (C=O) groups excluding carboxylic acids is 1. The van der Waals surface area contributed by atoms with Crippen LogP contribution in [0.5, 0.6) is 0 Å². The van der Waals surface area contributed by atoms with Gasteiger partial charge >= 0.3 is 0 Å². The van der Waals surface area contributed by atoms with E-state index in [0.717, 1.165) is 45.3 Å². The summed E-state index contributed by atoms with van der Waals surface area (Å²) in [5.41, 5.74) is 3.86. The molecule has 0 bridgehead atoms. The number of fused-ring (bicyclic) bond motifs is 1. The third-order valence-electron chi connectivity index (χ3n) is 5.16. The highest BCUT2D eigenvalue weighted by molar-refractivity contribution is 5.79. The zero-order chi connectivity index (χ0) is 16.6. The van der Waals surface area contributed by atoms with Crippen molar-refractivity contribution >= 4 is 5.91 Å². The molecule has 0 saturated carbocycles. The summed E-state index contributed by atoms with van der Waals surface area (Å²) in [4.78, 5) is 12.1. The highest BCUT2D eigenvalue weighted by atomic mass is 16.5. The molecular formula is C18H29N3O2. The first-order valence-corrected chi connectivity index (χ1v) is 8.82. The van der Waals surface area contributed by atoms with E-state index >= 15 is 0 Å². The number of nitrogens with zero attached hydrogens (tertiary/aromatic N) is 2. The van der Waals surface area contributed by atoms with E-state index in [1.165, 1.54) is 17.0 Å². The lowest BCUT2D eigenvalue weighted by Gasteiger charge is -2.27. The molecule has 0 aromatic carbocycles. The summed E-state index contributed by atoms with van der Waals surface area (Å²) in [6, 6.07) is 0.449. The fourth-order valence-electron chi connectivity index (χ4n) is 3.91. The van der Waals surface area contributed by atoms with Crippen LogP contribution in [-0.4, -0.2) is 35.9 Å². The summed E-state index contributed by atoms with van der Waals surface area (Å²) in [6.07, 6.45) is 4.77. The Hall–Kier alpha value is -1.36. The predicted octanol–water partition coefficient (Wildman–Crippen LogP) is 2.38. The van der Waals surface area contributed by atoms with Gasteiger partial charge in [0.15, 0.2) is 0 Å². The maximum atomic E-state index is 12.1. The second kappa shape index (κ2) is 6.27. The van der Waals surface area contributed by atoms with Gasteiger partial charge in [-0.15, -0.1) is 0 Å². The number of ether oxygens (including phenoxy) is 1. The molecule has 23 heavy (non-hydrogen) atoms. The maximum Gasteiger partial charge on any atom is 0.223 e. The van der Waals surface area contributed by atoms with Gasteiger partial charge in [-0.2, -0.15) is 5.10 Å². The minimum atomic E-state index is 0.00504. The molecule has 5 heteroatoms. The number of hydrogen-bond donors (Lipinski definition) is 1. The minimum absolute atomic E-state index is 0.00504. The Bertz CT molecular complexity index is 580. The third-order valence-corrected chi connectivity index (χ3v) is 5.16. The van der Waals surface area contributed by atoms with Crippen LogP contribution in [0.3, 0.4) is 0 Å². The predicted molar refractivity (Wildman–Crippen MR) is 89.6 cm³/mol. The van der Waals surface area contributed by atoms with Crippen LogP contribution >= 0.6 is 0 Å². The molecule has 1 aromatic rings. The molecule has 1 saturated heterocycles. The molecule has 0 radical (unpaired) electrons. The Balaban J connectivity index is 1.98. The van der Waals surface area contributed by atoms with Gasteiger partial charge in [-0.25, -0.2) is 0 Å². The van der Waals surface area contributed by atoms with Crippen LogP contribution < -0.4 is 5.32 Å². The van der Waals surface area contributed by atoms with Crippen LogP contribution in [0.4, 0.5) is 0 Å². The quantitative estimate of drug-likeness (QED) is 0.910. The Morgan fingerprint density at radius 1 is 1.26 bits per heavy atom. The van der Waals surface area contributed by atoms with Gasteiger partial charge < -0.3 is 10.1 Å². The number of amides is 1. The smallest absolute Gasteiger partial charge is 0.223 e. The number of aromatic nitrogens is 2. The van der Waals surface area contributed by atoms with Crippen molar-refractivity contribution in [1.29, 1.82) is 0 Å². The molecule has 2 aliphatic rings. The van der Waals surface area contributed by atoms with Gasteiger partial charge in [0.2, 0.25) is 5.91 Å². The maximum absolute atomic E-state index is 12.1. The molecule has 1 N–H and O–H groups in total. The molecule has 1 aromatic heterocycles. The molecule has 1 aliphatic heterocycles. The van der Waals surface area contributed by atoms with E-state index in [0.29, 0.717) is 6.04 Å². The van der Waals surface area contributed by atoms with Gasteiger partial charge in [-0.3, -0.25) is 9.48 Å². The zero-order valence-corrected chi connectivity index (χ0v) is 14.8. The van der Waals surface area contributed by atoms with E-state index < -0.39 is 0 Å². The van der Waals surface area contributed by atoms with Crippen molar-refractivity contribution in [2.45, 2.75) is 64.3 Å². The molecule has 1 amide bonds. The molecule has 128 valence electrons. The van der Waals surface area contributed by atoms with Gasteiger partial charge in [0.25, 0.3) is 0 Å². The lowest BCUT2D eigenvalue weighted by atomic mass is 9.80. The van der Waals surface area contributed by atoms with E-state index in [4.69, 9.17) is 9.84 Å². The highest BCUT2D eigenvalue weighted by Gasteiger charge is 2.35. The second-order valence-electron chi connectivity index (χ2n) is 7.87. The summed E-state index contributed by atoms with van der Waals surface area (Å²) in [5, 5.41) is 7.85. The number of carbonyl (C=O) groups is 1. The average molecular weight is 319 g/mol. The van der Waals surface area contributed by atoms with Crippen molar-refractivity contribution in [3.8, 4) is 0 Å². The molecule has 2 heterocycles. The SMILES string of the molecule is CNC(=O)C1CCc2c(c(C(C)(C)C)nn2C2CCOCC2)C1. The van der Waals surface area contributed by atoms with Crippen molar-refractivity contribution in [3.63, 3.8) is 0 Å². The fraction of sp³-hybridized carbons (Fsp3) is 0.778. The van der Waals surface area contributed by atoms with Crippen LogP contribution in [0.15, 0.2) is 0 Å². The molecule has 1 unspecified atom stereocenters. The lowest BCUT2D eigenvalue weighted by molar-refractivity contribution is -0.124. The van der Waals surface area contributed by atoms with Crippen molar-refractivity contribution in [1.82, 2.24) is 15.1 Å². The Morgan fingerprint density at radius 3 is 2.57 bits per heavy atom. The van der Waals surface area contributed by atoms with Crippen molar-refractivity contribution in [3.05, 3.63) is 17.0 Å². The molecule has 0 spiro atoms. The van der Waals surface area contributed by atoms with Crippen molar-refractivity contribution in [2.75, 3.05) is 20.3 Å². The van der Waals surface area contributed by atoms with E-state index in [2.05, 4.69) is 30.8 Å². The summed E-state index contributed by atoms with van der Waals surface area (Å²) in [5.74, 6) is 0.246. The highest BCUT2D eigenvalue weighted by Crippen LogP contribution is 2.37. The van der Waals surface area contributed by atoms with Crippen LogP contribution in [0.1, 0.15) is 63.0 Å². The molecule has 5 nitrogen and oxygen atoms in total. The van der Waals surface area contributed by atoms with Gasteiger partial charge in [-0.05, 0) is 37.7 Å². The van der Waals surface area contributed by atoms with Crippen LogP contribution in [0.2, 0.25) is 0 Å². The molecular weight excluding hydrogens is 290 g/mol. The first kappa shape index (κ1) is 16.5. The third kappa shape index (κ3) is 3.16. The summed E-state index contributed by atoms with van der Waals surface area (Å²) < 4.78 is 7.78. The number of nitrogens with one attached hydrogen (secondary N) is 1. The summed E-state index contributed by atoms with van der Waals surface area (Å²) >= 11 is 0. The fourth-order valence-corrected chi connectivity index (χ4v) is 3.91. The standard InChI is InChI=1S/C18H29N3O2/c1-18(2,3)16-14-11-12(17(22)19-4)5-6-15(14)21(20-16)13-7-9-23-10-8-13/h12-13H,5-11H2,1-4H3,(H,19,22). The zero-order valence-electron chi connectivity index (χ0n) is 14.8. The van der Waals surface area contributed by atoms with Crippen molar-refractivity contribution in [2.24, 2.45) is 5.92 Å². The number of hydrogen-bond acceptors (Lipinski definition) is 3. The topological polar surface area (TPSA) is 56.2 Å². The lowest BCUT2D eigenvalue weighted by Crippen LogP contribution is -2.32. The van der Waals surface area contributed by atoms with Gasteiger partial charge in [0, 0.05) is 37.3 Å². The normalized spacial score (nSPS) is 22.7. The summed E-state index contributed by atoms with van der Waals surface area (Å²) in [6.45, 7) is 8.30. The van der Waals surface area contributed by atoms with E-state index in [1.54, 1.807) is 7.05 Å². The van der Waals surface area contributed by atoms with Gasteiger partial charge in [-0.1, -0.05) is 20.8 Å². The first-order chi connectivity index (χ1) is 10.9. The second-order valence-corrected chi connectivity index (χ2v) is 7.87. The first-order valence-electron chi connectivity index (χ1n) is 8.82. The molecule has 1 fully saturated rings. The Labute approximate surface area is 138 Å². The van der Waals surface area contributed by atoms with E-state index in [9.17, 15) is 4.79 Å². The molecule has 1 aliphatic carbocycles. The van der Waals surface area contributed by atoms with Crippen molar-refractivity contribution < 1.29 is 9.53 Å². The Kier molecular flexibility index (Phi) is 4.50. The molecule has 3 rings (SSSR count). The molecule has 1 atom stereocenters. The summed E-state index contributed by atoms with van der Waals surface area (Å²) in [7, 11) is 1.73. The largest absolute Gasteiger partial charge is 0.381 e. The minimum Gasteiger partial charge on any atom is -0.381 e. The van der Waals surface area contributed by atoms with Crippen LogP contribution in [0, 0.1) is 5.92 Å².